The van der Waals surface area contributed by atoms with E-state index in [0.29, 0.717) is 17.0 Å². The standard InChI is InChI=1S/C16H24ClN3O/c1-16(6-8-20(2)9-7-16)12-18-11-15(21)19-14-5-3-4-13(17)10-14/h3-5,10,18H,6-9,11-12H2,1-2H3,(H,19,21). The van der Waals surface area contributed by atoms with Crippen LogP contribution in [0.4, 0.5) is 5.69 Å². The third-order valence-corrected chi connectivity index (χ3v) is 4.37. The molecule has 1 aromatic rings. The van der Waals surface area contributed by atoms with E-state index in [1.165, 1.54) is 12.8 Å². The predicted molar refractivity (Wildman–Crippen MR) is 87.8 cm³/mol. The van der Waals surface area contributed by atoms with Gasteiger partial charge in [-0.25, -0.2) is 0 Å². The molecule has 1 aromatic carbocycles. The molecule has 1 fully saturated rings. The van der Waals surface area contributed by atoms with E-state index in [9.17, 15) is 4.79 Å². The van der Waals surface area contributed by atoms with Crippen molar-refractivity contribution in [3.63, 3.8) is 0 Å². The fourth-order valence-corrected chi connectivity index (χ4v) is 2.77. The molecule has 116 valence electrons. The van der Waals surface area contributed by atoms with Crippen LogP contribution >= 0.6 is 11.6 Å². The van der Waals surface area contributed by atoms with E-state index < -0.39 is 0 Å². The maximum atomic E-state index is 11.9. The maximum absolute atomic E-state index is 11.9. The molecule has 4 nitrogen and oxygen atoms in total. The third-order valence-electron chi connectivity index (χ3n) is 4.14. The van der Waals surface area contributed by atoms with E-state index in [0.717, 1.165) is 25.3 Å². The van der Waals surface area contributed by atoms with Gasteiger partial charge in [0.25, 0.3) is 0 Å². The van der Waals surface area contributed by atoms with E-state index in [1.807, 2.05) is 12.1 Å². The second kappa shape index (κ2) is 7.25. The monoisotopic (exact) mass is 309 g/mol. The number of piperidine rings is 1. The Morgan fingerprint density at radius 2 is 2.10 bits per heavy atom. The number of hydrogen-bond donors (Lipinski definition) is 2. The number of benzene rings is 1. The zero-order chi connectivity index (χ0) is 15.3. The van der Waals surface area contributed by atoms with Crippen LogP contribution in [0.25, 0.3) is 0 Å². The second-order valence-corrected chi connectivity index (χ2v) is 6.71. The van der Waals surface area contributed by atoms with Crippen molar-refractivity contribution in [2.75, 3.05) is 38.5 Å². The van der Waals surface area contributed by atoms with Crippen LogP contribution < -0.4 is 10.6 Å². The number of carbonyl (C=O) groups is 1. The van der Waals surface area contributed by atoms with Crippen LogP contribution in [0.1, 0.15) is 19.8 Å². The Morgan fingerprint density at radius 1 is 1.38 bits per heavy atom. The molecule has 2 rings (SSSR count). The van der Waals surface area contributed by atoms with Gasteiger partial charge in [-0.05, 0) is 56.6 Å². The number of nitrogens with one attached hydrogen (secondary N) is 2. The van der Waals surface area contributed by atoms with Crippen LogP contribution in [0.5, 0.6) is 0 Å². The number of hydrogen-bond acceptors (Lipinski definition) is 3. The van der Waals surface area contributed by atoms with Crippen molar-refractivity contribution in [1.82, 2.24) is 10.2 Å². The van der Waals surface area contributed by atoms with E-state index >= 15 is 0 Å². The van der Waals surface area contributed by atoms with Gasteiger partial charge in [-0.2, -0.15) is 0 Å². The normalized spacial score (nSPS) is 18.4. The third kappa shape index (κ3) is 5.30. The summed E-state index contributed by atoms with van der Waals surface area (Å²) in [6.45, 7) is 5.77. The van der Waals surface area contributed by atoms with Crippen molar-refractivity contribution in [3.05, 3.63) is 29.3 Å². The summed E-state index contributed by atoms with van der Waals surface area (Å²) < 4.78 is 0. The molecule has 21 heavy (non-hydrogen) atoms. The van der Waals surface area contributed by atoms with Gasteiger partial charge in [0.15, 0.2) is 0 Å². The number of halogens is 1. The minimum atomic E-state index is -0.0335. The summed E-state index contributed by atoms with van der Waals surface area (Å²) >= 11 is 5.89. The van der Waals surface area contributed by atoms with Gasteiger partial charge in [0, 0.05) is 17.3 Å². The van der Waals surface area contributed by atoms with Crippen molar-refractivity contribution in [2.24, 2.45) is 5.41 Å². The fourth-order valence-electron chi connectivity index (χ4n) is 2.58. The quantitative estimate of drug-likeness (QED) is 0.879. The van der Waals surface area contributed by atoms with Crippen molar-refractivity contribution >= 4 is 23.2 Å². The Morgan fingerprint density at radius 3 is 2.76 bits per heavy atom. The number of nitrogens with zero attached hydrogens (tertiary/aromatic N) is 1. The molecule has 1 saturated heterocycles. The molecule has 0 spiro atoms. The second-order valence-electron chi connectivity index (χ2n) is 6.28. The molecule has 5 heteroatoms. The number of amides is 1. The molecule has 1 heterocycles. The van der Waals surface area contributed by atoms with Gasteiger partial charge in [0.05, 0.1) is 6.54 Å². The topological polar surface area (TPSA) is 44.4 Å². The number of carbonyl (C=O) groups excluding carboxylic acids is 1. The maximum Gasteiger partial charge on any atom is 0.238 e. The van der Waals surface area contributed by atoms with E-state index in [1.54, 1.807) is 12.1 Å². The molecule has 0 aromatic heterocycles. The first kappa shape index (κ1) is 16.3. The zero-order valence-electron chi connectivity index (χ0n) is 12.8. The van der Waals surface area contributed by atoms with Gasteiger partial charge in [-0.3, -0.25) is 4.79 Å². The van der Waals surface area contributed by atoms with Crippen LogP contribution in [-0.2, 0) is 4.79 Å². The first-order chi connectivity index (χ1) is 9.97. The summed E-state index contributed by atoms with van der Waals surface area (Å²) in [5, 5.41) is 6.75. The van der Waals surface area contributed by atoms with Gasteiger partial charge in [-0.15, -0.1) is 0 Å². The highest BCUT2D eigenvalue weighted by atomic mass is 35.5. The van der Waals surface area contributed by atoms with Gasteiger partial charge >= 0.3 is 0 Å². The number of rotatable bonds is 5. The van der Waals surface area contributed by atoms with Crippen LogP contribution in [0, 0.1) is 5.41 Å². The molecule has 0 radical (unpaired) electrons. The Bertz CT molecular complexity index is 484. The minimum Gasteiger partial charge on any atom is -0.325 e. The molecule has 0 saturated carbocycles. The van der Waals surface area contributed by atoms with Crippen LogP contribution in [0.15, 0.2) is 24.3 Å². The van der Waals surface area contributed by atoms with Crippen LogP contribution in [0.2, 0.25) is 5.02 Å². The Labute approximate surface area is 131 Å². The SMILES string of the molecule is CN1CCC(C)(CNCC(=O)Nc2cccc(Cl)c2)CC1. The molecular weight excluding hydrogens is 286 g/mol. The van der Waals surface area contributed by atoms with Crippen LogP contribution in [0.3, 0.4) is 0 Å². The van der Waals surface area contributed by atoms with Gasteiger partial charge in [-0.1, -0.05) is 24.6 Å². The highest BCUT2D eigenvalue weighted by Crippen LogP contribution is 2.29. The molecule has 1 amide bonds. The summed E-state index contributed by atoms with van der Waals surface area (Å²) in [5.74, 6) is -0.0335. The van der Waals surface area contributed by atoms with Crippen LogP contribution in [-0.4, -0.2) is 44.0 Å². The summed E-state index contributed by atoms with van der Waals surface area (Å²) in [4.78, 5) is 14.3. The Kier molecular flexibility index (Phi) is 5.62. The zero-order valence-corrected chi connectivity index (χ0v) is 13.5. The lowest BCUT2D eigenvalue weighted by atomic mass is 9.80. The number of likely N-dealkylation sites (tertiary alicyclic amines) is 1. The molecule has 2 N–H and O–H groups in total. The van der Waals surface area contributed by atoms with Crippen molar-refractivity contribution in [1.29, 1.82) is 0 Å². The molecule has 0 aliphatic carbocycles. The first-order valence-electron chi connectivity index (χ1n) is 7.42. The van der Waals surface area contributed by atoms with E-state index in [-0.39, 0.29) is 5.91 Å². The van der Waals surface area contributed by atoms with Crippen molar-refractivity contribution in [2.45, 2.75) is 19.8 Å². The predicted octanol–water partition coefficient (Wildman–Crippen LogP) is 2.60. The summed E-state index contributed by atoms with van der Waals surface area (Å²) in [7, 11) is 2.16. The van der Waals surface area contributed by atoms with Gasteiger partial charge in [0.1, 0.15) is 0 Å². The highest BCUT2D eigenvalue weighted by Gasteiger charge is 2.28. The summed E-state index contributed by atoms with van der Waals surface area (Å²) in [6, 6.07) is 7.20. The Hall–Kier alpha value is -1.10. The summed E-state index contributed by atoms with van der Waals surface area (Å²) in [5.41, 5.74) is 1.03. The molecular formula is C16H24ClN3O. The minimum absolute atomic E-state index is 0.0335. The molecule has 0 unspecified atom stereocenters. The average molecular weight is 310 g/mol. The lowest BCUT2D eigenvalue weighted by molar-refractivity contribution is -0.115. The molecule has 1 aliphatic rings. The lowest BCUT2D eigenvalue weighted by Crippen LogP contribution is -2.43. The smallest absolute Gasteiger partial charge is 0.238 e. The molecule has 1 aliphatic heterocycles. The van der Waals surface area contributed by atoms with E-state index in [4.69, 9.17) is 11.6 Å². The van der Waals surface area contributed by atoms with Crippen molar-refractivity contribution < 1.29 is 4.79 Å². The largest absolute Gasteiger partial charge is 0.325 e. The summed E-state index contributed by atoms with van der Waals surface area (Å²) in [6.07, 6.45) is 2.35. The van der Waals surface area contributed by atoms with E-state index in [2.05, 4.69) is 29.5 Å². The fraction of sp³-hybridized carbons (Fsp3) is 0.562. The number of anilines is 1. The molecule has 0 atom stereocenters. The highest BCUT2D eigenvalue weighted by molar-refractivity contribution is 6.30. The molecule has 0 bridgehead atoms. The lowest BCUT2D eigenvalue weighted by Gasteiger charge is -2.38. The first-order valence-corrected chi connectivity index (χ1v) is 7.79. The average Bonchev–Trinajstić information content (AvgIpc) is 2.42. The van der Waals surface area contributed by atoms with Gasteiger partial charge in [0.2, 0.25) is 5.91 Å². The Balaban J connectivity index is 1.72. The van der Waals surface area contributed by atoms with Gasteiger partial charge < -0.3 is 15.5 Å². The van der Waals surface area contributed by atoms with Crippen molar-refractivity contribution in [3.8, 4) is 0 Å².